The van der Waals surface area contributed by atoms with Crippen molar-refractivity contribution in [3.05, 3.63) is 4.91 Å². The van der Waals surface area contributed by atoms with Crippen LogP contribution in [0.1, 0.15) is 219 Å². The van der Waals surface area contributed by atoms with Crippen LogP contribution in [0.15, 0.2) is 0 Å². The lowest BCUT2D eigenvalue weighted by Gasteiger charge is -2.03. The quantitative estimate of drug-likeness (QED) is 0.0557. The van der Waals surface area contributed by atoms with Gasteiger partial charge in [0, 0.05) is 0 Å². The third-order valence-electron chi connectivity index (χ3n) is 8.39. The molecule has 0 aliphatic heterocycles. The molecule has 4 nitrogen and oxygen atoms in total. The van der Waals surface area contributed by atoms with E-state index in [0.717, 1.165) is 25.7 Å². The van der Waals surface area contributed by atoms with Gasteiger partial charge in [0.1, 0.15) is 4.91 Å². The minimum atomic E-state index is 0.344. The SMILES string of the molecule is CCCCCCCCCCCCCCCCCCO[N+](=O)OCCCCCCCCCCCCCCCCCC. The van der Waals surface area contributed by atoms with Crippen LogP contribution >= 0.6 is 0 Å². The van der Waals surface area contributed by atoms with E-state index < -0.39 is 0 Å². The molecule has 4 heteroatoms. The van der Waals surface area contributed by atoms with Gasteiger partial charge in [0.15, 0.2) is 13.2 Å². The van der Waals surface area contributed by atoms with Gasteiger partial charge in [0.2, 0.25) is 0 Å². The molecule has 240 valence electrons. The van der Waals surface area contributed by atoms with E-state index in [1.807, 2.05) is 0 Å². The number of hydrogen-bond acceptors (Lipinski definition) is 3. The van der Waals surface area contributed by atoms with Gasteiger partial charge in [-0.05, 0) is 25.7 Å². The molecule has 0 N–H and O–H groups in total. The zero-order valence-electron chi connectivity index (χ0n) is 27.7. The van der Waals surface area contributed by atoms with Crippen molar-refractivity contribution < 1.29 is 14.8 Å². The van der Waals surface area contributed by atoms with E-state index in [9.17, 15) is 4.91 Å². The van der Waals surface area contributed by atoms with Crippen molar-refractivity contribution in [2.75, 3.05) is 13.2 Å². The monoisotopic (exact) mass is 569 g/mol. The third kappa shape index (κ3) is 35.2. The Kier molecular flexibility index (Phi) is 35.5. The zero-order valence-corrected chi connectivity index (χ0v) is 27.7. The molecular weight excluding hydrogens is 494 g/mol. The highest BCUT2D eigenvalue weighted by Gasteiger charge is 2.11. The van der Waals surface area contributed by atoms with E-state index in [-0.39, 0.29) is 0 Å². The molecule has 0 aliphatic rings. The molecule has 0 heterocycles. The van der Waals surface area contributed by atoms with E-state index in [1.54, 1.807) is 0 Å². The Balaban J connectivity index is 3.14. The van der Waals surface area contributed by atoms with Crippen molar-refractivity contribution >= 4 is 0 Å². The Labute approximate surface area is 252 Å². The Hall–Kier alpha value is -0.800. The summed E-state index contributed by atoms with van der Waals surface area (Å²) in [6.07, 6.45) is 43.2. The predicted molar refractivity (Wildman–Crippen MR) is 175 cm³/mol. The molecule has 0 bridgehead atoms. The minimum Gasteiger partial charge on any atom is -0.187 e. The van der Waals surface area contributed by atoms with Crippen LogP contribution in [-0.2, 0) is 9.68 Å². The summed E-state index contributed by atoms with van der Waals surface area (Å²) in [6.45, 7) is 5.52. The fraction of sp³-hybridized carbons (Fsp3) is 1.00. The molecule has 0 aromatic rings. The first-order valence-electron chi connectivity index (χ1n) is 18.5. The summed E-state index contributed by atoms with van der Waals surface area (Å²) in [5.74, 6) is 0. The minimum absolute atomic E-state index is 0.344. The highest BCUT2D eigenvalue weighted by molar-refractivity contribution is 4.51. The first-order chi connectivity index (χ1) is 19.8. The lowest BCUT2D eigenvalue weighted by Crippen LogP contribution is -2.12. The molecule has 0 atom stereocenters. The summed E-state index contributed by atoms with van der Waals surface area (Å²) in [6, 6.07) is 0. The zero-order chi connectivity index (χ0) is 29.0. The van der Waals surface area contributed by atoms with Crippen molar-refractivity contribution in [3.8, 4) is 0 Å². The highest BCUT2D eigenvalue weighted by Crippen LogP contribution is 2.15. The maximum Gasteiger partial charge on any atom is 0.477 e. The van der Waals surface area contributed by atoms with Gasteiger partial charge >= 0.3 is 5.09 Å². The first-order valence-corrected chi connectivity index (χ1v) is 18.5. The van der Waals surface area contributed by atoms with Gasteiger partial charge in [-0.1, -0.05) is 194 Å². The molecule has 0 rings (SSSR count). The maximum absolute atomic E-state index is 11.6. The fourth-order valence-electron chi connectivity index (χ4n) is 5.62. The smallest absolute Gasteiger partial charge is 0.187 e. The summed E-state index contributed by atoms with van der Waals surface area (Å²) in [4.78, 5) is 21.9. The van der Waals surface area contributed by atoms with Gasteiger partial charge in [0.25, 0.3) is 0 Å². The van der Waals surface area contributed by atoms with Gasteiger partial charge in [0.05, 0.1) is 0 Å². The second-order valence-electron chi connectivity index (χ2n) is 12.5. The molecule has 0 spiro atoms. The molecule has 0 saturated carbocycles. The number of hydrogen-bond donors (Lipinski definition) is 0. The average molecular weight is 569 g/mol. The topological polar surface area (TPSA) is 38.5 Å². The van der Waals surface area contributed by atoms with Gasteiger partial charge < -0.3 is 0 Å². The summed E-state index contributed by atoms with van der Waals surface area (Å²) >= 11 is 0. The van der Waals surface area contributed by atoms with Gasteiger partial charge in [-0.25, -0.2) is 0 Å². The van der Waals surface area contributed by atoms with Crippen molar-refractivity contribution in [3.63, 3.8) is 0 Å². The molecule has 0 aromatic carbocycles. The summed E-state index contributed by atoms with van der Waals surface area (Å²) < 4.78 is 0. The summed E-state index contributed by atoms with van der Waals surface area (Å²) in [5, 5.41) is 0.344. The van der Waals surface area contributed by atoms with Crippen LogP contribution in [0.5, 0.6) is 0 Å². The molecule has 0 radical (unpaired) electrons. The fourth-order valence-corrected chi connectivity index (χ4v) is 5.62. The van der Waals surface area contributed by atoms with Gasteiger partial charge in [-0.3, -0.25) is 0 Å². The van der Waals surface area contributed by atoms with E-state index in [2.05, 4.69) is 13.8 Å². The van der Waals surface area contributed by atoms with Crippen molar-refractivity contribution in [1.29, 1.82) is 0 Å². The Bertz CT molecular complexity index is 431. The number of rotatable bonds is 36. The van der Waals surface area contributed by atoms with Gasteiger partial charge in [-0.15, -0.1) is 0 Å². The summed E-state index contributed by atoms with van der Waals surface area (Å²) in [7, 11) is 0. The van der Waals surface area contributed by atoms with Crippen LogP contribution in [0, 0.1) is 4.91 Å². The molecule has 0 fully saturated rings. The number of nitrogens with zero attached hydrogens (tertiary/aromatic N) is 1. The summed E-state index contributed by atoms with van der Waals surface area (Å²) in [5.41, 5.74) is 0. The average Bonchev–Trinajstić information content (AvgIpc) is 2.96. The molecule has 0 aromatic heterocycles. The second kappa shape index (κ2) is 36.2. The Morgan fingerprint density at radius 3 is 0.675 bits per heavy atom. The number of unbranched alkanes of at least 4 members (excludes halogenated alkanes) is 30. The maximum atomic E-state index is 11.6. The van der Waals surface area contributed by atoms with E-state index in [0.29, 0.717) is 18.3 Å². The van der Waals surface area contributed by atoms with Crippen molar-refractivity contribution in [1.82, 2.24) is 0 Å². The van der Waals surface area contributed by atoms with Gasteiger partial charge in [-0.2, -0.15) is 9.68 Å². The second-order valence-corrected chi connectivity index (χ2v) is 12.5. The molecule has 40 heavy (non-hydrogen) atoms. The van der Waals surface area contributed by atoms with Crippen LogP contribution in [0.3, 0.4) is 0 Å². The Morgan fingerprint density at radius 1 is 0.300 bits per heavy atom. The van der Waals surface area contributed by atoms with E-state index in [4.69, 9.17) is 9.68 Å². The molecule has 0 unspecified atom stereocenters. The molecule has 0 aliphatic carbocycles. The highest BCUT2D eigenvalue weighted by atomic mass is 17.0. The van der Waals surface area contributed by atoms with Crippen LogP contribution < -0.4 is 0 Å². The Morgan fingerprint density at radius 2 is 0.475 bits per heavy atom. The van der Waals surface area contributed by atoms with E-state index >= 15 is 0 Å². The van der Waals surface area contributed by atoms with Crippen molar-refractivity contribution in [2.45, 2.75) is 219 Å². The largest absolute Gasteiger partial charge is 0.477 e. The van der Waals surface area contributed by atoms with Crippen molar-refractivity contribution in [2.24, 2.45) is 0 Å². The third-order valence-corrected chi connectivity index (χ3v) is 8.39. The first kappa shape index (κ1) is 39.2. The van der Waals surface area contributed by atoms with E-state index in [1.165, 1.54) is 180 Å². The molecule has 0 amide bonds. The van der Waals surface area contributed by atoms with Crippen LogP contribution in [0.2, 0.25) is 0 Å². The van der Waals surface area contributed by atoms with Crippen LogP contribution in [0.25, 0.3) is 0 Å². The lowest BCUT2D eigenvalue weighted by molar-refractivity contribution is -0.981. The molecule has 0 saturated heterocycles. The lowest BCUT2D eigenvalue weighted by atomic mass is 10.0. The molecular formula is C36H74NO3+. The predicted octanol–water partition coefficient (Wildman–Crippen LogP) is 13.2. The normalized spacial score (nSPS) is 11.2. The van der Waals surface area contributed by atoms with Crippen LogP contribution in [-0.4, -0.2) is 18.3 Å². The standard InChI is InChI=1S/C36H74NO3/c1-3-5-7-9-11-13-15-17-19-21-23-25-27-29-31-33-35-39-37(38)40-36-34-32-30-28-26-24-22-20-18-16-14-12-10-8-6-4-2/h3-36H2,1-2H3/q+1. The van der Waals surface area contributed by atoms with Crippen LogP contribution in [0.4, 0.5) is 0 Å².